The highest BCUT2D eigenvalue weighted by molar-refractivity contribution is 6.51. The summed E-state index contributed by atoms with van der Waals surface area (Å²) in [5, 5.41) is 0.630. The van der Waals surface area contributed by atoms with Gasteiger partial charge in [-0.3, -0.25) is 4.79 Å². The first-order chi connectivity index (χ1) is 8.27. The zero-order valence-corrected chi connectivity index (χ0v) is 10.3. The van der Waals surface area contributed by atoms with Crippen molar-refractivity contribution in [2.45, 2.75) is 25.3 Å². The topological polar surface area (TPSA) is 20.3 Å². The van der Waals surface area contributed by atoms with E-state index in [1.54, 1.807) is 0 Å². The molecule has 0 saturated carbocycles. The van der Waals surface area contributed by atoms with E-state index in [9.17, 15) is 4.79 Å². The maximum absolute atomic E-state index is 12.2. The van der Waals surface area contributed by atoms with E-state index in [-0.39, 0.29) is 5.91 Å². The SMILES string of the molecule is O=C1/C(=C(\Cl)c2ccccc2)CC2CCCN12. The number of fused-ring (bicyclic) bond motifs is 1. The van der Waals surface area contributed by atoms with Gasteiger partial charge in [0.05, 0.1) is 5.03 Å². The molecule has 0 radical (unpaired) electrons. The van der Waals surface area contributed by atoms with Crippen LogP contribution in [-0.4, -0.2) is 23.4 Å². The summed E-state index contributed by atoms with van der Waals surface area (Å²) in [6, 6.07) is 10.1. The van der Waals surface area contributed by atoms with Gasteiger partial charge in [-0.25, -0.2) is 0 Å². The van der Waals surface area contributed by atoms with Crippen LogP contribution >= 0.6 is 11.6 Å². The summed E-state index contributed by atoms with van der Waals surface area (Å²) < 4.78 is 0. The monoisotopic (exact) mass is 247 g/mol. The van der Waals surface area contributed by atoms with E-state index in [0.29, 0.717) is 11.1 Å². The lowest BCUT2D eigenvalue weighted by Gasteiger charge is -2.13. The Balaban J connectivity index is 1.97. The molecule has 1 aromatic rings. The van der Waals surface area contributed by atoms with Crippen molar-refractivity contribution in [3.05, 3.63) is 41.5 Å². The van der Waals surface area contributed by atoms with E-state index in [2.05, 4.69) is 0 Å². The Kier molecular flexibility index (Phi) is 2.67. The molecule has 3 rings (SSSR count). The average Bonchev–Trinajstić information content (AvgIpc) is 2.93. The lowest BCUT2D eigenvalue weighted by molar-refractivity contribution is -0.125. The van der Waals surface area contributed by atoms with Gasteiger partial charge in [0.2, 0.25) is 0 Å². The molecule has 1 aromatic carbocycles. The van der Waals surface area contributed by atoms with E-state index < -0.39 is 0 Å². The second-order valence-electron chi connectivity index (χ2n) is 4.66. The van der Waals surface area contributed by atoms with Crippen LogP contribution in [0.2, 0.25) is 0 Å². The zero-order chi connectivity index (χ0) is 11.8. The number of carbonyl (C=O) groups is 1. The molecule has 0 N–H and O–H groups in total. The maximum atomic E-state index is 12.2. The molecule has 17 heavy (non-hydrogen) atoms. The molecule has 2 fully saturated rings. The molecule has 2 aliphatic heterocycles. The number of amides is 1. The molecule has 2 saturated heterocycles. The van der Waals surface area contributed by atoms with Gasteiger partial charge in [-0.05, 0) is 24.8 Å². The fourth-order valence-electron chi connectivity index (χ4n) is 2.75. The van der Waals surface area contributed by atoms with Crippen LogP contribution in [0.25, 0.3) is 5.03 Å². The predicted octanol–water partition coefficient (Wildman–Crippen LogP) is 3.03. The van der Waals surface area contributed by atoms with Crippen molar-refractivity contribution < 1.29 is 4.79 Å². The maximum Gasteiger partial charge on any atom is 0.251 e. The molecule has 0 spiro atoms. The summed E-state index contributed by atoms with van der Waals surface area (Å²) in [6.45, 7) is 0.895. The molecular weight excluding hydrogens is 234 g/mol. The van der Waals surface area contributed by atoms with Gasteiger partial charge in [0.1, 0.15) is 0 Å². The molecule has 2 aliphatic rings. The van der Waals surface area contributed by atoms with Crippen molar-refractivity contribution in [1.29, 1.82) is 0 Å². The van der Waals surface area contributed by atoms with Crippen LogP contribution in [0, 0.1) is 0 Å². The van der Waals surface area contributed by atoms with Crippen molar-refractivity contribution in [2.75, 3.05) is 6.54 Å². The van der Waals surface area contributed by atoms with Crippen molar-refractivity contribution >= 4 is 22.5 Å². The Labute approximate surface area is 106 Å². The number of hydrogen-bond donors (Lipinski definition) is 0. The fourth-order valence-corrected chi connectivity index (χ4v) is 3.04. The molecule has 0 bridgehead atoms. The van der Waals surface area contributed by atoms with E-state index in [1.165, 1.54) is 0 Å². The van der Waals surface area contributed by atoms with Gasteiger partial charge < -0.3 is 4.90 Å². The molecule has 1 unspecified atom stereocenters. The van der Waals surface area contributed by atoms with E-state index in [4.69, 9.17) is 11.6 Å². The van der Waals surface area contributed by atoms with Crippen LogP contribution in [0.1, 0.15) is 24.8 Å². The summed E-state index contributed by atoms with van der Waals surface area (Å²) in [4.78, 5) is 14.2. The lowest BCUT2D eigenvalue weighted by atomic mass is 10.1. The van der Waals surface area contributed by atoms with Gasteiger partial charge >= 0.3 is 0 Å². The third-order valence-electron chi connectivity index (χ3n) is 3.63. The first kappa shape index (κ1) is 10.8. The van der Waals surface area contributed by atoms with Crippen LogP contribution in [0.4, 0.5) is 0 Å². The summed E-state index contributed by atoms with van der Waals surface area (Å²) in [7, 11) is 0. The first-order valence-electron chi connectivity index (χ1n) is 6.02. The van der Waals surface area contributed by atoms with Crippen LogP contribution in [0.15, 0.2) is 35.9 Å². The number of carbonyl (C=O) groups excluding carboxylic acids is 1. The quantitative estimate of drug-likeness (QED) is 0.699. The van der Waals surface area contributed by atoms with E-state index in [1.807, 2.05) is 35.2 Å². The minimum Gasteiger partial charge on any atom is -0.336 e. The van der Waals surface area contributed by atoms with Crippen LogP contribution in [-0.2, 0) is 4.79 Å². The van der Waals surface area contributed by atoms with Gasteiger partial charge in [0, 0.05) is 18.2 Å². The van der Waals surface area contributed by atoms with Crippen molar-refractivity contribution in [3.63, 3.8) is 0 Å². The molecule has 2 heterocycles. The summed E-state index contributed by atoms with van der Waals surface area (Å²) >= 11 is 6.35. The Bertz CT molecular complexity index is 480. The number of rotatable bonds is 1. The Morgan fingerprint density at radius 2 is 2.06 bits per heavy atom. The molecule has 1 atom stereocenters. The van der Waals surface area contributed by atoms with Gasteiger partial charge in [0.15, 0.2) is 0 Å². The molecule has 1 amide bonds. The second kappa shape index (κ2) is 4.19. The normalized spacial score (nSPS) is 26.3. The summed E-state index contributed by atoms with van der Waals surface area (Å²) in [6.07, 6.45) is 3.06. The minimum absolute atomic E-state index is 0.140. The third kappa shape index (κ3) is 1.77. The molecule has 0 aliphatic carbocycles. The van der Waals surface area contributed by atoms with Crippen molar-refractivity contribution in [2.24, 2.45) is 0 Å². The second-order valence-corrected chi connectivity index (χ2v) is 5.04. The molecule has 3 heteroatoms. The standard InChI is InChI=1S/C14H14ClNO/c15-13(10-5-2-1-3-6-10)12-9-11-7-4-8-16(11)14(12)17/h1-3,5-6,11H,4,7-9H2/b13-12-. The average molecular weight is 248 g/mol. The Morgan fingerprint density at radius 1 is 1.29 bits per heavy atom. The van der Waals surface area contributed by atoms with Crippen LogP contribution in [0.5, 0.6) is 0 Å². The largest absolute Gasteiger partial charge is 0.336 e. The fraction of sp³-hybridized carbons (Fsp3) is 0.357. The Hall–Kier alpha value is -1.28. The van der Waals surface area contributed by atoms with Gasteiger partial charge in [0.25, 0.3) is 5.91 Å². The van der Waals surface area contributed by atoms with Crippen molar-refractivity contribution in [1.82, 2.24) is 4.90 Å². The van der Waals surface area contributed by atoms with E-state index >= 15 is 0 Å². The zero-order valence-electron chi connectivity index (χ0n) is 9.53. The predicted molar refractivity (Wildman–Crippen MR) is 68.6 cm³/mol. The van der Waals surface area contributed by atoms with Gasteiger partial charge in [-0.15, -0.1) is 0 Å². The lowest BCUT2D eigenvalue weighted by Crippen LogP contribution is -2.27. The van der Waals surface area contributed by atoms with Crippen LogP contribution < -0.4 is 0 Å². The van der Waals surface area contributed by atoms with Crippen LogP contribution in [0.3, 0.4) is 0 Å². The minimum atomic E-state index is 0.140. The number of hydrogen-bond acceptors (Lipinski definition) is 1. The number of halogens is 1. The molecule has 2 nitrogen and oxygen atoms in total. The third-order valence-corrected chi connectivity index (χ3v) is 4.07. The van der Waals surface area contributed by atoms with Crippen molar-refractivity contribution in [3.8, 4) is 0 Å². The Morgan fingerprint density at radius 3 is 2.76 bits per heavy atom. The summed E-state index contributed by atoms with van der Waals surface area (Å²) in [5.74, 6) is 0.140. The van der Waals surface area contributed by atoms with E-state index in [0.717, 1.165) is 36.9 Å². The highest BCUT2D eigenvalue weighted by Crippen LogP contribution is 2.37. The molecule has 88 valence electrons. The number of nitrogens with zero attached hydrogens (tertiary/aromatic N) is 1. The summed E-state index contributed by atoms with van der Waals surface area (Å²) in [5.41, 5.74) is 1.74. The molecular formula is C14H14ClNO. The van der Waals surface area contributed by atoms with Gasteiger partial charge in [-0.1, -0.05) is 41.9 Å². The smallest absolute Gasteiger partial charge is 0.251 e. The highest BCUT2D eigenvalue weighted by Gasteiger charge is 2.39. The van der Waals surface area contributed by atoms with Gasteiger partial charge in [-0.2, -0.15) is 0 Å². The first-order valence-corrected chi connectivity index (χ1v) is 6.40. The highest BCUT2D eigenvalue weighted by atomic mass is 35.5. The molecule has 0 aromatic heterocycles. The number of benzene rings is 1.